The van der Waals surface area contributed by atoms with Gasteiger partial charge in [-0.3, -0.25) is 0 Å². The standard InChI is InChI=1S/C2H4O2.2Mg.O/c1-2(3)4;;;/h1H3,(H,3,4);;;/q;2*+2;-2/p-1. The number of carboxylic acid groups (broad SMARTS) is 1. The van der Waals surface area contributed by atoms with Gasteiger partial charge in [-0.15, -0.1) is 0 Å². The quantitative estimate of drug-likeness (QED) is 0.346. The number of hydrogen-bond donors (Lipinski definition) is 0. The zero-order chi connectivity index (χ0) is 3.58. The van der Waals surface area contributed by atoms with Crippen molar-refractivity contribution in [1.29, 1.82) is 0 Å². The fourth-order valence-corrected chi connectivity index (χ4v) is 0. The maximum atomic E-state index is 8.89. The van der Waals surface area contributed by atoms with Crippen LogP contribution in [0, 0.1) is 0 Å². The Bertz CT molecular complexity index is 33.9. The first-order valence-electron chi connectivity index (χ1n) is 0.908. The smallest absolute Gasteiger partial charge is 2.00 e. The second-order valence-corrected chi connectivity index (χ2v) is 0.492. The largest absolute Gasteiger partial charge is 2.00 e. The summed E-state index contributed by atoms with van der Waals surface area (Å²) in [7, 11) is 0. The van der Waals surface area contributed by atoms with Gasteiger partial charge in [-0.25, -0.2) is 0 Å². The van der Waals surface area contributed by atoms with Gasteiger partial charge in [-0.1, -0.05) is 0 Å². The Balaban J connectivity index is -0.0000000150. The Morgan fingerprint density at radius 3 is 1.43 bits per heavy atom. The van der Waals surface area contributed by atoms with Gasteiger partial charge in [0.25, 0.3) is 0 Å². The molecule has 0 unspecified atom stereocenters. The van der Waals surface area contributed by atoms with E-state index < -0.39 is 5.97 Å². The van der Waals surface area contributed by atoms with E-state index in [-0.39, 0.29) is 51.6 Å². The van der Waals surface area contributed by atoms with E-state index in [0.29, 0.717) is 0 Å². The predicted octanol–water partition coefficient (Wildman–Crippen LogP) is -2.12. The Hall–Kier alpha value is 0.962. The number of carboxylic acids is 1. The molecule has 0 aliphatic rings. The van der Waals surface area contributed by atoms with E-state index in [2.05, 4.69) is 0 Å². The van der Waals surface area contributed by atoms with Crippen molar-refractivity contribution in [1.82, 2.24) is 0 Å². The SMILES string of the molecule is CC(=O)[O-].[Mg+2].[Mg+2].[O-2]. The molecule has 0 aromatic carbocycles. The summed E-state index contributed by atoms with van der Waals surface area (Å²) in [6.07, 6.45) is 0. The third-order valence-corrected chi connectivity index (χ3v) is 0. The number of aliphatic carboxylic acids is 1. The van der Waals surface area contributed by atoms with Crippen molar-refractivity contribution < 1.29 is 15.4 Å². The second-order valence-electron chi connectivity index (χ2n) is 0.492. The van der Waals surface area contributed by atoms with Crippen molar-refractivity contribution in [2.75, 3.05) is 0 Å². The molecule has 0 amide bonds. The van der Waals surface area contributed by atoms with Crippen molar-refractivity contribution in [3.8, 4) is 0 Å². The van der Waals surface area contributed by atoms with Crippen LogP contribution in [-0.4, -0.2) is 52.1 Å². The van der Waals surface area contributed by atoms with Crippen LogP contribution in [0.3, 0.4) is 0 Å². The first kappa shape index (κ1) is 24.6. The average molecular weight is 124 g/mol. The molecule has 5 heteroatoms. The third-order valence-electron chi connectivity index (χ3n) is 0. The Labute approximate surface area is 74.1 Å². The van der Waals surface area contributed by atoms with Crippen LogP contribution in [0.15, 0.2) is 0 Å². The van der Waals surface area contributed by atoms with Crippen LogP contribution < -0.4 is 5.11 Å². The number of rotatable bonds is 0. The summed E-state index contributed by atoms with van der Waals surface area (Å²) in [5.74, 6) is -1.08. The molecule has 0 N–H and O–H groups in total. The third kappa shape index (κ3) is 185. The van der Waals surface area contributed by atoms with Crippen molar-refractivity contribution in [3.05, 3.63) is 0 Å². The Morgan fingerprint density at radius 1 is 1.43 bits per heavy atom. The molecule has 0 atom stereocenters. The molecular weight excluding hydrogens is 121 g/mol. The first-order valence-corrected chi connectivity index (χ1v) is 0.908. The van der Waals surface area contributed by atoms with E-state index in [4.69, 9.17) is 9.90 Å². The molecule has 0 saturated carbocycles. The van der Waals surface area contributed by atoms with Crippen LogP contribution in [0.2, 0.25) is 0 Å². The molecule has 0 fully saturated rings. The molecule has 0 spiro atoms. The van der Waals surface area contributed by atoms with E-state index in [9.17, 15) is 0 Å². The summed E-state index contributed by atoms with van der Waals surface area (Å²) >= 11 is 0. The van der Waals surface area contributed by atoms with E-state index in [1.165, 1.54) is 0 Å². The fraction of sp³-hybridized carbons (Fsp3) is 0.500. The zero-order valence-corrected chi connectivity index (χ0v) is 6.97. The predicted molar refractivity (Wildman–Crippen MR) is 22.9 cm³/mol. The monoisotopic (exact) mass is 123 g/mol. The molecule has 32 valence electrons. The average Bonchev–Trinajstić information content (AvgIpc) is 0.811. The fourth-order valence-electron chi connectivity index (χ4n) is 0. The van der Waals surface area contributed by atoms with Gasteiger partial charge in [-0.05, 0) is 6.92 Å². The minimum absolute atomic E-state index is 0. The van der Waals surface area contributed by atoms with Gasteiger partial charge in [0.15, 0.2) is 0 Å². The summed E-state index contributed by atoms with van der Waals surface area (Å²) in [6.45, 7) is 0.972. The van der Waals surface area contributed by atoms with E-state index in [1.807, 2.05) is 0 Å². The molecule has 0 rings (SSSR count). The molecule has 0 radical (unpaired) electrons. The maximum Gasteiger partial charge on any atom is 2.00 e. The van der Waals surface area contributed by atoms with Crippen LogP contribution in [0.1, 0.15) is 6.92 Å². The second kappa shape index (κ2) is 15.8. The molecule has 0 aromatic heterocycles. The molecule has 0 aromatic rings. The first-order chi connectivity index (χ1) is 1.73. The molecular formula is C2H3Mg2O3+. The molecule has 7 heavy (non-hydrogen) atoms. The Morgan fingerprint density at radius 2 is 1.43 bits per heavy atom. The van der Waals surface area contributed by atoms with Crippen LogP contribution in [0.25, 0.3) is 0 Å². The van der Waals surface area contributed by atoms with Gasteiger partial charge in [0.2, 0.25) is 0 Å². The van der Waals surface area contributed by atoms with Crippen LogP contribution in [0.4, 0.5) is 0 Å². The number of carbonyl (C=O) groups is 1. The summed E-state index contributed by atoms with van der Waals surface area (Å²) in [5, 5.41) is 8.89. The molecule has 0 saturated heterocycles. The van der Waals surface area contributed by atoms with Gasteiger partial charge in [-0.2, -0.15) is 0 Å². The van der Waals surface area contributed by atoms with Crippen LogP contribution in [0.5, 0.6) is 0 Å². The minimum atomic E-state index is -1.08. The van der Waals surface area contributed by atoms with Gasteiger partial charge in [0.05, 0.1) is 0 Å². The molecule has 0 bridgehead atoms. The summed E-state index contributed by atoms with van der Waals surface area (Å²) in [5.41, 5.74) is 0. The van der Waals surface area contributed by atoms with Gasteiger partial charge >= 0.3 is 46.1 Å². The van der Waals surface area contributed by atoms with Crippen molar-refractivity contribution >= 4 is 52.1 Å². The molecule has 0 aliphatic heterocycles. The summed E-state index contributed by atoms with van der Waals surface area (Å²) in [6, 6.07) is 0. The van der Waals surface area contributed by atoms with Crippen molar-refractivity contribution in [2.24, 2.45) is 0 Å². The normalized spacial score (nSPS) is 3.57. The zero-order valence-electron chi connectivity index (χ0n) is 4.14. The van der Waals surface area contributed by atoms with E-state index in [1.54, 1.807) is 0 Å². The van der Waals surface area contributed by atoms with Gasteiger partial charge in [0.1, 0.15) is 0 Å². The van der Waals surface area contributed by atoms with Crippen LogP contribution >= 0.6 is 0 Å². The molecule has 3 nitrogen and oxygen atoms in total. The number of carbonyl (C=O) groups excluding carboxylic acids is 1. The molecule has 0 heterocycles. The maximum absolute atomic E-state index is 8.89. The summed E-state index contributed by atoms with van der Waals surface area (Å²) < 4.78 is 0. The van der Waals surface area contributed by atoms with E-state index in [0.717, 1.165) is 6.92 Å². The van der Waals surface area contributed by atoms with Crippen molar-refractivity contribution in [3.63, 3.8) is 0 Å². The van der Waals surface area contributed by atoms with Crippen molar-refractivity contribution in [2.45, 2.75) is 6.92 Å². The summed E-state index contributed by atoms with van der Waals surface area (Å²) in [4.78, 5) is 8.89. The Kier molecular flexibility index (Phi) is 55.4. The molecule has 0 aliphatic carbocycles. The van der Waals surface area contributed by atoms with Crippen LogP contribution in [-0.2, 0) is 10.3 Å². The van der Waals surface area contributed by atoms with Gasteiger partial charge < -0.3 is 15.4 Å². The number of hydrogen-bond acceptors (Lipinski definition) is 2. The topological polar surface area (TPSA) is 68.6 Å². The van der Waals surface area contributed by atoms with Gasteiger partial charge in [0, 0.05) is 5.97 Å². The van der Waals surface area contributed by atoms with E-state index >= 15 is 0 Å². The minimum Gasteiger partial charge on any atom is -2.00 e.